The van der Waals surface area contributed by atoms with Gasteiger partial charge in [-0.1, -0.05) is 60.5 Å². The average Bonchev–Trinajstić information content (AvgIpc) is 3.32. The van der Waals surface area contributed by atoms with Gasteiger partial charge in [0.1, 0.15) is 11.6 Å². The molecule has 40 heavy (non-hydrogen) atoms. The van der Waals surface area contributed by atoms with Gasteiger partial charge in [-0.05, 0) is 54.2 Å². The van der Waals surface area contributed by atoms with Crippen LogP contribution in [0.5, 0.6) is 0 Å². The zero-order valence-corrected chi connectivity index (χ0v) is 24.9. The first-order valence-electron chi connectivity index (χ1n) is 12.1. The lowest BCUT2D eigenvalue weighted by Gasteiger charge is -2.21. The van der Waals surface area contributed by atoms with E-state index in [-0.39, 0.29) is 26.9 Å². The molecule has 0 fully saturated rings. The third kappa shape index (κ3) is 6.28. The van der Waals surface area contributed by atoms with Crippen LogP contribution in [0, 0.1) is 0 Å². The van der Waals surface area contributed by atoms with Gasteiger partial charge in [-0.25, -0.2) is 13.2 Å². The Balaban J connectivity index is 1.58. The number of carbonyl (C=O) groups excluding carboxylic acids is 1. The van der Waals surface area contributed by atoms with Crippen LogP contribution in [0.4, 0.5) is 0 Å². The van der Waals surface area contributed by atoms with Crippen LogP contribution in [-0.2, 0) is 25.6 Å². The summed E-state index contributed by atoms with van der Waals surface area (Å²) in [7, 11) is -6.61. The minimum atomic E-state index is -3.50. The summed E-state index contributed by atoms with van der Waals surface area (Å²) in [6, 6.07) is 16.5. The second-order valence-corrected chi connectivity index (χ2v) is 15.7. The minimum absolute atomic E-state index is 0.0344. The van der Waals surface area contributed by atoms with Crippen molar-refractivity contribution in [1.29, 1.82) is 0 Å². The number of sulfone groups is 1. The van der Waals surface area contributed by atoms with Crippen LogP contribution < -0.4 is 10.8 Å². The van der Waals surface area contributed by atoms with Gasteiger partial charge in [0, 0.05) is 23.7 Å². The molecule has 12 heteroatoms. The maximum atomic E-state index is 13.8. The number of furan rings is 1. The summed E-state index contributed by atoms with van der Waals surface area (Å²) >= 11 is 12.9. The van der Waals surface area contributed by atoms with Crippen molar-refractivity contribution in [2.75, 3.05) is 12.9 Å². The lowest BCUT2D eigenvalue weighted by molar-refractivity contribution is -0.139. The Hall–Kier alpha value is -3.10. The zero-order chi connectivity index (χ0) is 29.4. The number of fused-ring (bicyclic) bond motifs is 1. The standard InChI is InChI=1S/C28H26Cl2NO7PS/c1-16(39(2,35)25-15-18-8-4-5-10-24(18)38-25)19-13-21(29)26(22(30)14-19)27(32)31-23(28(33)34)12-17-7-6-9-20(11-17)40(3,36)37/h4-11,13-16,23H,12H2,1-3H3,(H,31,32)(H,33,34)/t16?,23-,39?/m0/s1. The number of aliphatic carboxylic acids is 1. The van der Waals surface area contributed by atoms with Crippen LogP contribution in [0.25, 0.3) is 11.0 Å². The Labute approximate surface area is 241 Å². The van der Waals surface area contributed by atoms with E-state index < -0.39 is 40.6 Å². The van der Waals surface area contributed by atoms with Gasteiger partial charge < -0.3 is 19.4 Å². The number of rotatable bonds is 9. The number of carboxylic acid groups (broad SMARTS) is 1. The van der Waals surface area contributed by atoms with Gasteiger partial charge in [-0.2, -0.15) is 0 Å². The van der Waals surface area contributed by atoms with E-state index in [2.05, 4.69) is 5.32 Å². The molecule has 0 saturated carbocycles. The van der Waals surface area contributed by atoms with Crippen molar-refractivity contribution in [1.82, 2.24) is 5.32 Å². The van der Waals surface area contributed by atoms with E-state index in [1.807, 2.05) is 18.2 Å². The molecular weight excluding hydrogens is 596 g/mol. The molecule has 3 aromatic carbocycles. The summed E-state index contributed by atoms with van der Waals surface area (Å²) in [6.07, 6.45) is 0.872. The molecule has 4 aromatic rings. The minimum Gasteiger partial charge on any atom is -0.480 e. The molecule has 0 aliphatic rings. The van der Waals surface area contributed by atoms with Gasteiger partial charge in [0.2, 0.25) is 0 Å². The second-order valence-electron chi connectivity index (χ2n) is 9.64. The Morgan fingerprint density at radius 3 is 2.27 bits per heavy atom. The molecule has 0 spiro atoms. The molecule has 210 valence electrons. The summed E-state index contributed by atoms with van der Waals surface area (Å²) in [6.45, 7) is 3.36. The molecule has 0 saturated heterocycles. The van der Waals surface area contributed by atoms with Crippen molar-refractivity contribution in [2.45, 2.75) is 29.9 Å². The summed E-state index contributed by atoms with van der Waals surface area (Å²) in [5.41, 5.74) is 1.19. The Morgan fingerprint density at radius 1 is 1.02 bits per heavy atom. The van der Waals surface area contributed by atoms with Crippen LogP contribution >= 0.6 is 30.3 Å². The van der Waals surface area contributed by atoms with Crippen molar-refractivity contribution in [3.63, 3.8) is 0 Å². The molecule has 0 aliphatic heterocycles. The average molecular weight is 622 g/mol. The highest BCUT2D eigenvalue weighted by Crippen LogP contribution is 2.56. The molecule has 1 aromatic heterocycles. The van der Waals surface area contributed by atoms with E-state index in [0.717, 1.165) is 11.6 Å². The van der Waals surface area contributed by atoms with Crippen molar-refractivity contribution < 1.29 is 32.1 Å². The molecule has 0 aliphatic carbocycles. The normalized spacial score (nSPS) is 14.8. The van der Waals surface area contributed by atoms with Crippen molar-refractivity contribution in [2.24, 2.45) is 0 Å². The van der Waals surface area contributed by atoms with Crippen LogP contribution in [-0.4, -0.2) is 44.4 Å². The fraction of sp³-hybridized carbons (Fsp3) is 0.214. The third-order valence-corrected chi connectivity index (χ3v) is 11.3. The van der Waals surface area contributed by atoms with E-state index in [1.54, 1.807) is 31.8 Å². The number of hydrogen-bond donors (Lipinski definition) is 2. The molecular formula is C28H26Cl2NO7PS. The van der Waals surface area contributed by atoms with Crippen molar-refractivity contribution >= 4 is 68.5 Å². The van der Waals surface area contributed by atoms with Gasteiger partial charge in [-0.3, -0.25) is 4.79 Å². The molecule has 2 unspecified atom stereocenters. The Bertz CT molecular complexity index is 1730. The molecule has 1 amide bonds. The summed E-state index contributed by atoms with van der Waals surface area (Å²) in [4.78, 5) is 25.1. The monoisotopic (exact) mass is 621 g/mol. The van der Waals surface area contributed by atoms with Crippen LogP contribution in [0.2, 0.25) is 10.0 Å². The van der Waals surface area contributed by atoms with Crippen molar-refractivity contribution in [3.8, 4) is 0 Å². The fourth-order valence-electron chi connectivity index (χ4n) is 4.28. The largest absolute Gasteiger partial charge is 0.480 e. The molecule has 0 radical (unpaired) electrons. The van der Waals surface area contributed by atoms with E-state index in [4.69, 9.17) is 27.6 Å². The van der Waals surface area contributed by atoms with Gasteiger partial charge in [0.15, 0.2) is 22.5 Å². The molecule has 1 heterocycles. The lowest BCUT2D eigenvalue weighted by atomic mass is 10.0. The second kappa shape index (κ2) is 11.4. The van der Waals surface area contributed by atoms with Gasteiger partial charge in [-0.15, -0.1) is 0 Å². The smallest absolute Gasteiger partial charge is 0.326 e. The highest BCUT2D eigenvalue weighted by Gasteiger charge is 2.33. The summed E-state index contributed by atoms with van der Waals surface area (Å²) in [5, 5.41) is 12.9. The van der Waals surface area contributed by atoms with Gasteiger partial charge in [0.25, 0.3) is 5.91 Å². The predicted molar refractivity (Wildman–Crippen MR) is 156 cm³/mol. The maximum absolute atomic E-state index is 13.8. The van der Waals surface area contributed by atoms with Gasteiger partial charge >= 0.3 is 5.97 Å². The number of carbonyl (C=O) groups is 2. The third-order valence-electron chi connectivity index (χ3n) is 6.73. The molecule has 8 nitrogen and oxygen atoms in total. The number of benzene rings is 3. The lowest BCUT2D eigenvalue weighted by Crippen LogP contribution is -2.42. The topological polar surface area (TPSA) is 131 Å². The number of nitrogens with one attached hydrogen (secondary N) is 1. The number of amides is 1. The highest BCUT2D eigenvalue weighted by molar-refractivity contribution is 7.90. The van der Waals surface area contributed by atoms with Gasteiger partial charge in [0.05, 0.1) is 20.5 Å². The number of hydrogen-bond acceptors (Lipinski definition) is 6. The predicted octanol–water partition coefficient (Wildman–Crippen LogP) is 5.95. The first-order chi connectivity index (χ1) is 18.7. The van der Waals surface area contributed by atoms with E-state index >= 15 is 0 Å². The van der Waals surface area contributed by atoms with Crippen molar-refractivity contribution in [3.05, 3.63) is 93.5 Å². The highest BCUT2D eigenvalue weighted by atomic mass is 35.5. The first-order valence-corrected chi connectivity index (χ1v) is 16.9. The Morgan fingerprint density at radius 2 is 1.68 bits per heavy atom. The fourth-order valence-corrected chi connectivity index (χ4v) is 7.42. The van der Waals surface area contributed by atoms with E-state index in [9.17, 15) is 27.7 Å². The molecule has 3 atom stereocenters. The van der Waals surface area contributed by atoms with Crippen LogP contribution in [0.15, 0.2) is 76.0 Å². The summed E-state index contributed by atoms with van der Waals surface area (Å²) < 4.78 is 43.4. The first kappa shape index (κ1) is 29.9. The van der Waals surface area contributed by atoms with E-state index in [0.29, 0.717) is 22.2 Å². The number of halogens is 2. The van der Waals surface area contributed by atoms with Crippen LogP contribution in [0.1, 0.15) is 34.1 Å². The van der Waals surface area contributed by atoms with E-state index in [1.165, 1.54) is 30.3 Å². The molecule has 2 N–H and O–H groups in total. The number of carboxylic acids is 1. The quantitative estimate of drug-likeness (QED) is 0.221. The maximum Gasteiger partial charge on any atom is 0.326 e. The SMILES string of the molecule is CC(c1cc(Cl)c(C(=O)N[C@@H](Cc2cccc(S(C)(=O)=O)c2)C(=O)O)c(Cl)c1)P(C)(=O)c1cc2ccccc2o1. The summed E-state index contributed by atoms with van der Waals surface area (Å²) in [5.74, 6) is -2.15. The molecule has 4 rings (SSSR count). The molecule has 0 bridgehead atoms. The zero-order valence-electron chi connectivity index (χ0n) is 21.7. The number of para-hydroxylation sites is 1. The van der Waals surface area contributed by atoms with Crippen LogP contribution in [0.3, 0.4) is 0 Å². The Kier molecular flexibility index (Phi) is 8.52.